The van der Waals surface area contributed by atoms with Crippen molar-refractivity contribution in [1.82, 2.24) is 5.32 Å². The first-order valence-corrected chi connectivity index (χ1v) is 7.78. The molecule has 1 unspecified atom stereocenters. The lowest BCUT2D eigenvalue weighted by Gasteiger charge is -2.23. The van der Waals surface area contributed by atoms with Crippen LogP contribution in [0.2, 0.25) is 0 Å². The highest BCUT2D eigenvalue weighted by molar-refractivity contribution is 5.94. The fourth-order valence-corrected chi connectivity index (χ4v) is 2.79. The average Bonchev–Trinajstić information content (AvgIpc) is 2.62. The van der Waals surface area contributed by atoms with Crippen molar-refractivity contribution in [2.45, 2.75) is 51.5 Å². The summed E-state index contributed by atoms with van der Waals surface area (Å²) < 4.78 is 0. The van der Waals surface area contributed by atoms with Gasteiger partial charge in [-0.15, -0.1) is 0 Å². The molecule has 0 bridgehead atoms. The van der Waals surface area contributed by atoms with Gasteiger partial charge in [0.2, 0.25) is 5.91 Å². The van der Waals surface area contributed by atoms with Gasteiger partial charge in [0.1, 0.15) is 0 Å². The number of benzene rings is 1. The SMILES string of the molecule is CNC(C)CCCCN1C(=O)CCCc2ccccc21. The summed E-state index contributed by atoms with van der Waals surface area (Å²) in [7, 11) is 2.00. The van der Waals surface area contributed by atoms with Crippen LogP contribution in [0.1, 0.15) is 44.6 Å². The molecule has 20 heavy (non-hydrogen) atoms. The average molecular weight is 274 g/mol. The molecule has 1 amide bonds. The number of para-hydroxylation sites is 1. The predicted molar refractivity (Wildman–Crippen MR) is 84.1 cm³/mol. The van der Waals surface area contributed by atoms with Gasteiger partial charge in [-0.3, -0.25) is 4.79 Å². The van der Waals surface area contributed by atoms with Crippen LogP contribution >= 0.6 is 0 Å². The van der Waals surface area contributed by atoms with Crippen LogP contribution in [0.5, 0.6) is 0 Å². The molecule has 0 spiro atoms. The van der Waals surface area contributed by atoms with E-state index in [1.807, 2.05) is 18.0 Å². The molecular weight excluding hydrogens is 248 g/mol. The Balaban J connectivity index is 1.96. The summed E-state index contributed by atoms with van der Waals surface area (Å²) in [5.74, 6) is 0.289. The molecule has 3 heteroatoms. The fraction of sp³-hybridized carbons (Fsp3) is 0.588. The lowest BCUT2D eigenvalue weighted by atomic mass is 10.1. The van der Waals surface area contributed by atoms with Crippen LogP contribution < -0.4 is 10.2 Å². The van der Waals surface area contributed by atoms with Crippen molar-refractivity contribution in [3.8, 4) is 0 Å². The zero-order chi connectivity index (χ0) is 14.4. The molecule has 0 saturated heterocycles. The fourth-order valence-electron chi connectivity index (χ4n) is 2.79. The molecule has 2 rings (SSSR count). The molecule has 0 aromatic heterocycles. The van der Waals surface area contributed by atoms with E-state index in [1.54, 1.807) is 0 Å². The summed E-state index contributed by atoms with van der Waals surface area (Å²) in [6.07, 6.45) is 6.08. The van der Waals surface area contributed by atoms with E-state index in [1.165, 1.54) is 12.0 Å². The van der Waals surface area contributed by atoms with Crippen LogP contribution in [0.15, 0.2) is 24.3 Å². The van der Waals surface area contributed by atoms with E-state index >= 15 is 0 Å². The second-order valence-corrected chi connectivity index (χ2v) is 5.71. The lowest BCUT2D eigenvalue weighted by molar-refractivity contribution is -0.118. The van der Waals surface area contributed by atoms with Gasteiger partial charge in [-0.2, -0.15) is 0 Å². The minimum atomic E-state index is 0.289. The molecule has 3 nitrogen and oxygen atoms in total. The van der Waals surface area contributed by atoms with Crippen LogP contribution in [0.3, 0.4) is 0 Å². The number of carbonyl (C=O) groups excluding carboxylic acids is 1. The topological polar surface area (TPSA) is 32.3 Å². The number of fused-ring (bicyclic) bond motifs is 1. The van der Waals surface area contributed by atoms with E-state index in [4.69, 9.17) is 0 Å². The number of rotatable bonds is 6. The quantitative estimate of drug-likeness (QED) is 0.808. The monoisotopic (exact) mass is 274 g/mol. The van der Waals surface area contributed by atoms with Crippen LogP contribution in [-0.2, 0) is 11.2 Å². The highest BCUT2D eigenvalue weighted by Gasteiger charge is 2.21. The Morgan fingerprint density at radius 3 is 2.85 bits per heavy atom. The Kier molecular flexibility index (Phi) is 5.60. The first kappa shape index (κ1) is 15.0. The highest BCUT2D eigenvalue weighted by atomic mass is 16.2. The largest absolute Gasteiger partial charge is 0.317 e. The van der Waals surface area contributed by atoms with E-state index in [0.29, 0.717) is 12.5 Å². The van der Waals surface area contributed by atoms with Crippen molar-refractivity contribution in [3.63, 3.8) is 0 Å². The summed E-state index contributed by atoms with van der Waals surface area (Å²) in [5.41, 5.74) is 2.46. The molecule has 1 aromatic carbocycles. The maximum absolute atomic E-state index is 12.3. The van der Waals surface area contributed by atoms with Crippen LogP contribution in [0, 0.1) is 0 Å². The highest BCUT2D eigenvalue weighted by Crippen LogP contribution is 2.27. The zero-order valence-electron chi connectivity index (χ0n) is 12.7. The maximum Gasteiger partial charge on any atom is 0.226 e. The van der Waals surface area contributed by atoms with Crippen molar-refractivity contribution in [1.29, 1.82) is 0 Å². The molecule has 0 saturated carbocycles. The molecule has 0 radical (unpaired) electrons. The molecule has 1 aliphatic heterocycles. The summed E-state index contributed by atoms with van der Waals surface area (Å²) >= 11 is 0. The first-order chi connectivity index (χ1) is 9.72. The Morgan fingerprint density at radius 1 is 1.25 bits per heavy atom. The van der Waals surface area contributed by atoms with E-state index in [9.17, 15) is 4.79 Å². The Morgan fingerprint density at radius 2 is 2.05 bits per heavy atom. The summed E-state index contributed by atoms with van der Waals surface area (Å²) in [4.78, 5) is 14.3. The second-order valence-electron chi connectivity index (χ2n) is 5.71. The molecule has 0 fully saturated rings. The van der Waals surface area contributed by atoms with E-state index in [-0.39, 0.29) is 5.91 Å². The van der Waals surface area contributed by atoms with Crippen molar-refractivity contribution in [3.05, 3.63) is 29.8 Å². The predicted octanol–water partition coefficient (Wildman–Crippen LogP) is 3.13. The standard InChI is InChI=1S/C17H26N2O/c1-14(18-2)8-5-6-13-19-16-11-4-3-9-15(16)10-7-12-17(19)20/h3-4,9,11,14,18H,5-8,10,12-13H2,1-2H3. The molecular formula is C17H26N2O. The number of nitrogens with one attached hydrogen (secondary N) is 1. The minimum absolute atomic E-state index is 0.289. The van der Waals surface area contributed by atoms with Crippen LogP contribution in [0.4, 0.5) is 5.69 Å². The summed E-state index contributed by atoms with van der Waals surface area (Å²) in [6.45, 7) is 3.05. The first-order valence-electron chi connectivity index (χ1n) is 7.78. The summed E-state index contributed by atoms with van der Waals surface area (Å²) in [6, 6.07) is 8.91. The molecule has 110 valence electrons. The van der Waals surface area contributed by atoms with Gasteiger partial charge in [0.05, 0.1) is 0 Å². The number of unbranched alkanes of at least 4 members (excludes halogenated alkanes) is 1. The number of anilines is 1. The second kappa shape index (κ2) is 7.44. The Labute approximate surface area is 122 Å². The zero-order valence-corrected chi connectivity index (χ0v) is 12.7. The number of hydrogen-bond donors (Lipinski definition) is 1. The van der Waals surface area contributed by atoms with Gasteiger partial charge in [0.25, 0.3) is 0 Å². The number of carbonyl (C=O) groups is 1. The normalized spacial score (nSPS) is 16.7. The van der Waals surface area contributed by atoms with Crippen molar-refractivity contribution in [2.75, 3.05) is 18.5 Å². The lowest BCUT2D eigenvalue weighted by Crippen LogP contribution is -2.31. The number of amides is 1. The van der Waals surface area contributed by atoms with Crippen molar-refractivity contribution >= 4 is 11.6 Å². The third-order valence-electron chi connectivity index (χ3n) is 4.18. The van der Waals surface area contributed by atoms with Crippen LogP contribution in [-0.4, -0.2) is 25.5 Å². The third-order valence-corrected chi connectivity index (χ3v) is 4.18. The third kappa shape index (κ3) is 3.83. The van der Waals surface area contributed by atoms with Gasteiger partial charge in [-0.05, 0) is 51.3 Å². The smallest absolute Gasteiger partial charge is 0.226 e. The molecule has 0 aliphatic carbocycles. The van der Waals surface area contributed by atoms with Gasteiger partial charge in [0, 0.05) is 24.7 Å². The van der Waals surface area contributed by atoms with Gasteiger partial charge < -0.3 is 10.2 Å². The molecule has 1 aliphatic rings. The number of aryl methyl sites for hydroxylation is 1. The molecule has 1 atom stereocenters. The number of nitrogens with zero attached hydrogens (tertiary/aromatic N) is 1. The van der Waals surface area contributed by atoms with Crippen LogP contribution in [0.25, 0.3) is 0 Å². The number of hydrogen-bond acceptors (Lipinski definition) is 2. The van der Waals surface area contributed by atoms with E-state index in [2.05, 4.69) is 30.4 Å². The van der Waals surface area contributed by atoms with Crippen molar-refractivity contribution < 1.29 is 4.79 Å². The Hall–Kier alpha value is -1.35. The minimum Gasteiger partial charge on any atom is -0.317 e. The molecule has 1 aromatic rings. The van der Waals surface area contributed by atoms with E-state index in [0.717, 1.165) is 37.9 Å². The summed E-state index contributed by atoms with van der Waals surface area (Å²) in [5, 5.41) is 3.26. The Bertz CT molecular complexity index is 444. The molecule has 1 heterocycles. The van der Waals surface area contributed by atoms with Gasteiger partial charge in [0.15, 0.2) is 0 Å². The van der Waals surface area contributed by atoms with Gasteiger partial charge in [-0.1, -0.05) is 24.6 Å². The van der Waals surface area contributed by atoms with Gasteiger partial charge >= 0.3 is 0 Å². The van der Waals surface area contributed by atoms with Crippen molar-refractivity contribution in [2.24, 2.45) is 0 Å². The maximum atomic E-state index is 12.3. The van der Waals surface area contributed by atoms with Gasteiger partial charge in [-0.25, -0.2) is 0 Å². The molecule has 1 N–H and O–H groups in total. The van der Waals surface area contributed by atoms with E-state index < -0.39 is 0 Å².